The quantitative estimate of drug-likeness (QED) is 0.813. The van der Waals surface area contributed by atoms with E-state index in [1.54, 1.807) is 24.3 Å². The minimum atomic E-state index is -4.43. The molecule has 1 N–H and O–H groups in total. The van der Waals surface area contributed by atoms with E-state index < -0.39 is 23.7 Å². The van der Waals surface area contributed by atoms with Crippen molar-refractivity contribution in [2.75, 3.05) is 12.0 Å². The van der Waals surface area contributed by atoms with Gasteiger partial charge in [0.25, 0.3) is 5.91 Å². The van der Waals surface area contributed by atoms with Gasteiger partial charge in [-0.1, -0.05) is 18.2 Å². The Morgan fingerprint density at radius 2 is 1.85 bits per heavy atom. The van der Waals surface area contributed by atoms with Gasteiger partial charge in [-0.15, -0.1) is 0 Å². The Bertz CT molecular complexity index is 850. The van der Waals surface area contributed by atoms with Crippen LogP contribution in [0.1, 0.15) is 17.5 Å². The van der Waals surface area contributed by atoms with E-state index in [-0.39, 0.29) is 18.9 Å². The first-order valence-corrected chi connectivity index (χ1v) is 8.20. The van der Waals surface area contributed by atoms with Crippen molar-refractivity contribution in [3.05, 3.63) is 59.7 Å². The molecule has 2 aromatic rings. The van der Waals surface area contributed by atoms with Crippen molar-refractivity contribution in [1.82, 2.24) is 5.32 Å². The van der Waals surface area contributed by atoms with Crippen molar-refractivity contribution in [1.29, 1.82) is 0 Å². The monoisotopic (exact) mass is 378 g/mol. The molecule has 27 heavy (non-hydrogen) atoms. The maximum Gasteiger partial charge on any atom is 0.416 e. The predicted octanol–water partition coefficient (Wildman–Crippen LogP) is 3.14. The molecule has 3 rings (SSSR count). The molecular weight excluding hydrogens is 361 g/mol. The van der Waals surface area contributed by atoms with Gasteiger partial charge in [-0.2, -0.15) is 13.2 Å². The van der Waals surface area contributed by atoms with Gasteiger partial charge >= 0.3 is 6.18 Å². The van der Waals surface area contributed by atoms with Gasteiger partial charge in [0.05, 0.1) is 30.8 Å². The van der Waals surface area contributed by atoms with E-state index in [1.807, 2.05) is 0 Å². The van der Waals surface area contributed by atoms with Crippen LogP contribution in [-0.2, 0) is 22.3 Å². The molecule has 0 radical (unpaired) electrons. The van der Waals surface area contributed by atoms with E-state index in [2.05, 4.69) is 5.32 Å². The third-order valence-electron chi connectivity index (χ3n) is 4.28. The smallest absolute Gasteiger partial charge is 0.416 e. The van der Waals surface area contributed by atoms with Crippen molar-refractivity contribution in [3.8, 4) is 5.75 Å². The Morgan fingerprint density at radius 3 is 2.48 bits per heavy atom. The van der Waals surface area contributed by atoms with Gasteiger partial charge in [0, 0.05) is 6.54 Å². The first-order valence-electron chi connectivity index (χ1n) is 8.20. The number of anilines is 1. The van der Waals surface area contributed by atoms with Crippen LogP contribution in [0.3, 0.4) is 0 Å². The molecule has 0 unspecified atom stereocenters. The van der Waals surface area contributed by atoms with Crippen LogP contribution in [-0.4, -0.2) is 25.0 Å². The summed E-state index contributed by atoms with van der Waals surface area (Å²) in [5.74, 6) is -0.207. The van der Waals surface area contributed by atoms with Crippen molar-refractivity contribution < 1.29 is 27.5 Å². The number of ether oxygens (including phenoxy) is 1. The number of imide groups is 1. The second-order valence-corrected chi connectivity index (χ2v) is 6.10. The molecule has 5 nitrogen and oxygen atoms in total. The lowest BCUT2D eigenvalue weighted by atomic mass is 10.1. The molecular formula is C19H17F3N2O3. The Kier molecular flexibility index (Phi) is 5.18. The summed E-state index contributed by atoms with van der Waals surface area (Å²) in [7, 11) is 1.51. The van der Waals surface area contributed by atoms with Crippen LogP contribution in [0.2, 0.25) is 0 Å². The van der Waals surface area contributed by atoms with Gasteiger partial charge in [-0.05, 0) is 35.9 Å². The highest BCUT2D eigenvalue weighted by Gasteiger charge is 2.39. The van der Waals surface area contributed by atoms with Crippen molar-refractivity contribution >= 4 is 17.5 Å². The number of alkyl halides is 3. The zero-order chi connectivity index (χ0) is 19.6. The second-order valence-electron chi connectivity index (χ2n) is 6.10. The third kappa shape index (κ3) is 4.11. The Balaban J connectivity index is 1.68. The Morgan fingerprint density at radius 1 is 1.15 bits per heavy atom. The zero-order valence-electron chi connectivity index (χ0n) is 14.4. The average molecular weight is 378 g/mol. The fourth-order valence-corrected chi connectivity index (χ4v) is 2.89. The summed E-state index contributed by atoms with van der Waals surface area (Å²) < 4.78 is 43.4. The molecule has 0 aromatic heterocycles. The fourth-order valence-electron chi connectivity index (χ4n) is 2.89. The lowest BCUT2D eigenvalue weighted by Crippen LogP contribution is -2.38. The molecule has 2 aromatic carbocycles. The number of halogens is 3. The topological polar surface area (TPSA) is 58.6 Å². The molecule has 2 amide bonds. The highest BCUT2D eigenvalue weighted by Crippen LogP contribution is 2.30. The second kappa shape index (κ2) is 7.40. The minimum Gasteiger partial charge on any atom is -0.497 e. The SMILES string of the molecule is COc1ccc(N2C(=O)C[C@@H](NCc3cccc(C(F)(F)F)c3)C2=O)cc1. The van der Waals surface area contributed by atoms with Gasteiger partial charge in [-0.25, -0.2) is 4.90 Å². The van der Waals surface area contributed by atoms with Crippen LogP contribution in [0.5, 0.6) is 5.75 Å². The van der Waals surface area contributed by atoms with Gasteiger partial charge < -0.3 is 10.1 Å². The lowest BCUT2D eigenvalue weighted by molar-refractivity contribution is -0.137. The standard InChI is InChI=1S/C19H17F3N2O3/c1-27-15-7-5-14(6-8-15)24-17(25)10-16(18(24)26)23-11-12-3-2-4-13(9-12)19(20,21)22/h2-9,16,23H,10-11H2,1H3/t16-/m1/s1. The van der Waals surface area contributed by atoms with Crippen LogP contribution in [0, 0.1) is 0 Å². The number of hydrogen-bond acceptors (Lipinski definition) is 4. The highest BCUT2D eigenvalue weighted by atomic mass is 19.4. The van der Waals surface area contributed by atoms with E-state index in [9.17, 15) is 22.8 Å². The molecule has 1 atom stereocenters. The average Bonchev–Trinajstić information content (AvgIpc) is 2.93. The van der Waals surface area contributed by atoms with Gasteiger partial charge in [0.2, 0.25) is 5.91 Å². The van der Waals surface area contributed by atoms with Crippen LogP contribution < -0.4 is 15.0 Å². The number of nitrogens with zero attached hydrogens (tertiary/aromatic N) is 1. The molecule has 0 saturated carbocycles. The Labute approximate surface area is 153 Å². The normalized spacial score (nSPS) is 17.5. The van der Waals surface area contributed by atoms with E-state index in [0.717, 1.165) is 17.0 Å². The van der Waals surface area contributed by atoms with Crippen LogP contribution >= 0.6 is 0 Å². The van der Waals surface area contributed by atoms with Crippen molar-refractivity contribution in [3.63, 3.8) is 0 Å². The van der Waals surface area contributed by atoms with Gasteiger partial charge in [-0.3, -0.25) is 9.59 Å². The predicted molar refractivity (Wildman–Crippen MR) is 92.2 cm³/mol. The molecule has 1 aliphatic heterocycles. The molecule has 0 spiro atoms. The van der Waals surface area contributed by atoms with E-state index in [0.29, 0.717) is 17.0 Å². The first-order chi connectivity index (χ1) is 12.8. The van der Waals surface area contributed by atoms with E-state index in [4.69, 9.17) is 4.74 Å². The number of rotatable bonds is 5. The van der Waals surface area contributed by atoms with Crippen LogP contribution in [0.4, 0.5) is 18.9 Å². The number of carbonyl (C=O) groups excluding carboxylic acids is 2. The molecule has 1 saturated heterocycles. The van der Waals surface area contributed by atoms with Gasteiger partial charge in [0.15, 0.2) is 0 Å². The Hall–Kier alpha value is -2.87. The summed E-state index contributed by atoms with van der Waals surface area (Å²) in [4.78, 5) is 25.9. The summed E-state index contributed by atoms with van der Waals surface area (Å²) in [6, 6.07) is 10.5. The molecule has 8 heteroatoms. The van der Waals surface area contributed by atoms with Crippen molar-refractivity contribution in [2.45, 2.75) is 25.2 Å². The summed E-state index contributed by atoms with van der Waals surface area (Å²) in [5.41, 5.74) is 0.0534. The third-order valence-corrected chi connectivity index (χ3v) is 4.28. The highest BCUT2D eigenvalue weighted by molar-refractivity contribution is 6.22. The number of hydrogen-bond donors (Lipinski definition) is 1. The molecule has 0 aliphatic carbocycles. The zero-order valence-corrected chi connectivity index (χ0v) is 14.4. The molecule has 0 bridgehead atoms. The fraction of sp³-hybridized carbons (Fsp3) is 0.263. The van der Waals surface area contributed by atoms with Crippen LogP contribution in [0.15, 0.2) is 48.5 Å². The van der Waals surface area contributed by atoms with Crippen LogP contribution in [0.25, 0.3) is 0 Å². The molecule has 1 fully saturated rings. The minimum absolute atomic E-state index is 0.0457. The summed E-state index contributed by atoms with van der Waals surface area (Å²) in [6.45, 7) is 0.0457. The summed E-state index contributed by atoms with van der Waals surface area (Å²) in [6.07, 6.45) is -4.48. The molecule has 1 aliphatic rings. The van der Waals surface area contributed by atoms with Gasteiger partial charge in [0.1, 0.15) is 5.75 Å². The summed E-state index contributed by atoms with van der Waals surface area (Å²) >= 11 is 0. The number of methoxy groups -OCH3 is 1. The summed E-state index contributed by atoms with van der Waals surface area (Å²) in [5, 5.41) is 2.87. The maximum atomic E-state index is 12.8. The molecule has 142 valence electrons. The van der Waals surface area contributed by atoms with Crippen molar-refractivity contribution in [2.24, 2.45) is 0 Å². The lowest BCUT2D eigenvalue weighted by Gasteiger charge is -2.16. The number of amides is 2. The number of benzene rings is 2. The van der Waals surface area contributed by atoms with E-state index >= 15 is 0 Å². The first kappa shape index (κ1) is 18.9. The van der Waals surface area contributed by atoms with E-state index in [1.165, 1.54) is 19.2 Å². The number of carbonyl (C=O) groups is 2. The number of nitrogens with one attached hydrogen (secondary N) is 1. The largest absolute Gasteiger partial charge is 0.497 e. The maximum absolute atomic E-state index is 12.8. The molecule has 1 heterocycles.